The van der Waals surface area contributed by atoms with E-state index in [1.807, 2.05) is 83.1 Å². The van der Waals surface area contributed by atoms with Crippen LogP contribution in [0.3, 0.4) is 0 Å². The molecular formula is C81H99FN14O14S. The number of benzene rings is 5. The first-order valence-electron chi connectivity index (χ1n) is 37.9. The van der Waals surface area contributed by atoms with Crippen molar-refractivity contribution in [2.45, 2.75) is 211 Å². The monoisotopic (exact) mass is 1540 g/mol. The van der Waals surface area contributed by atoms with Gasteiger partial charge >= 0.3 is 6.09 Å². The van der Waals surface area contributed by atoms with Gasteiger partial charge in [-0.1, -0.05) is 87.5 Å². The highest BCUT2D eigenvalue weighted by Crippen LogP contribution is 2.44. The standard InChI is InChI=1S/C81H99FN14O14S/c1-44(47-22-24-50(25-23-47)71-45(2)88-43-111-71)89-74(101)61-40-57(110-56-36-52-27-30-59(84)78(105)96-63(39-53(37-56)70(52)96)75(102)91-55(28-32-65(85)97)42-109-64-20-12-16-48(68(64)82)15-8-9-34-108-80(87)107)41-94(61)79(106)72(81(3,4)5)93-67(99)21-7-6-13-46-14-10-19-54(35-46)90-73(100)60(31-33-66(86)98)92-76(103)62-38-51-18-11-17-49-26-29-58(83)77(104)95(62)69(49)51/h10-12,14,16-20,22-25,35-37,43-44,55,57-63,72H,6-9,13,15,21,26-34,38-42,83-84H2,1-5H3,(H2,85,97)(H2,86,98)(H2,87,107)(H,89,101)(H,90,100)(H,91,102)(H,92,103)(H,93,99)/t44-,55-,57+,58-,59-,60-,61-,62-,63-,72+/m0/s1. The lowest BCUT2D eigenvalue weighted by molar-refractivity contribution is -0.144. The zero-order valence-corrected chi connectivity index (χ0v) is 63.9. The van der Waals surface area contributed by atoms with Crippen LogP contribution in [-0.2, 0) is 91.2 Å². The molecule has 111 heavy (non-hydrogen) atoms. The molecule has 28 nitrogen and oxygen atoms in total. The molecule has 1 fully saturated rings. The number of nitrogens with zero attached hydrogens (tertiary/aromatic N) is 4. The molecule has 0 aliphatic carbocycles. The third-order valence-electron chi connectivity index (χ3n) is 21.2. The lowest BCUT2D eigenvalue weighted by Crippen LogP contribution is -2.57. The number of para-hydroxylation sites is 1. The number of nitrogens with one attached hydrogen (secondary N) is 5. The molecule has 30 heteroatoms. The Labute approximate surface area is 647 Å². The number of hydrogen-bond donors (Lipinski definition) is 10. The van der Waals surface area contributed by atoms with E-state index < -0.39 is 131 Å². The number of primary amides is 3. The Balaban J connectivity index is 0.754. The van der Waals surface area contributed by atoms with Crippen molar-refractivity contribution in [3.63, 3.8) is 0 Å². The molecule has 0 unspecified atom stereocenters. The highest BCUT2D eigenvalue weighted by Gasteiger charge is 2.49. The molecule has 0 bridgehead atoms. The number of carbonyl (C=O) groups is 11. The molecule has 11 rings (SSSR count). The number of ether oxygens (including phenoxy) is 3. The fourth-order valence-electron chi connectivity index (χ4n) is 15.3. The van der Waals surface area contributed by atoms with Gasteiger partial charge in [0, 0.05) is 44.2 Å². The van der Waals surface area contributed by atoms with Crippen molar-refractivity contribution in [2.24, 2.45) is 34.1 Å². The van der Waals surface area contributed by atoms with E-state index in [0.717, 1.165) is 38.4 Å². The summed E-state index contributed by atoms with van der Waals surface area (Å²) in [5, 5.41) is 14.8. The highest BCUT2D eigenvalue weighted by atomic mass is 32.1. The van der Waals surface area contributed by atoms with Gasteiger partial charge in [-0.05, 0) is 171 Å². The third kappa shape index (κ3) is 19.8. The van der Waals surface area contributed by atoms with Crippen LogP contribution in [0.25, 0.3) is 10.4 Å². The summed E-state index contributed by atoms with van der Waals surface area (Å²) in [6.45, 7) is 9.00. The number of amides is 11. The van der Waals surface area contributed by atoms with Gasteiger partial charge in [-0.15, -0.1) is 11.3 Å². The average molecular weight is 1540 g/mol. The number of anilines is 3. The lowest BCUT2D eigenvalue weighted by atomic mass is 9.85. The molecular weight excluding hydrogens is 1440 g/mol. The summed E-state index contributed by atoms with van der Waals surface area (Å²) < 4.78 is 33.4. The highest BCUT2D eigenvalue weighted by molar-refractivity contribution is 7.13. The van der Waals surface area contributed by atoms with Crippen molar-refractivity contribution in [1.29, 1.82) is 0 Å². The molecule has 1 saturated heterocycles. The Kier molecular flexibility index (Phi) is 26.2. The molecule has 5 aliphatic heterocycles. The normalized spacial score (nSPS) is 19.4. The summed E-state index contributed by atoms with van der Waals surface area (Å²) in [5.41, 5.74) is 38.3. The average Bonchev–Trinajstić information content (AvgIpc) is 1.60. The Morgan fingerprint density at radius 2 is 1.32 bits per heavy atom. The fourth-order valence-corrected chi connectivity index (χ4v) is 16.1. The zero-order chi connectivity index (χ0) is 79.5. The van der Waals surface area contributed by atoms with Crippen LogP contribution in [0, 0.1) is 18.2 Å². The van der Waals surface area contributed by atoms with E-state index in [4.69, 9.17) is 42.9 Å². The zero-order valence-electron chi connectivity index (χ0n) is 63.1. The van der Waals surface area contributed by atoms with E-state index >= 15 is 9.18 Å². The van der Waals surface area contributed by atoms with E-state index in [2.05, 4.69) is 31.6 Å². The van der Waals surface area contributed by atoms with E-state index in [1.54, 1.807) is 48.0 Å². The molecule has 1 aromatic heterocycles. The molecule has 6 heterocycles. The van der Waals surface area contributed by atoms with Gasteiger partial charge < -0.3 is 74.4 Å². The topological polar surface area (TPSA) is 428 Å². The number of unbranched alkanes of at least 4 members (excludes halogenated alkanes) is 2. The van der Waals surface area contributed by atoms with Crippen LogP contribution in [-0.4, -0.2) is 149 Å². The second-order valence-electron chi connectivity index (χ2n) is 30.5. The van der Waals surface area contributed by atoms with Crippen LogP contribution >= 0.6 is 11.3 Å². The SMILES string of the molecule is Cc1ncsc1-c1ccc([C@H](C)NC(=O)[C@@H]2C[C@@H](Oc3cc4c5c(c3)C[C@@H](C(=O)N[C@@H](CCC(N)=O)COc3cccc(CCCCOC(N)=O)c3F)N5C(=O)[C@@H](N)CC4)CN2C(=O)[C@@H](NC(=O)CCCCc2cccc(NC(=O)[C@H](CCC(N)=O)NC(=O)[C@@H]3Cc4cccc5c4N3C(=O)[C@@H](N)CC5)c2)C(C)(C)C)cc1. The van der Waals surface area contributed by atoms with Crippen LogP contribution in [0.2, 0.25) is 0 Å². The minimum Gasteiger partial charge on any atom is -0.488 e. The van der Waals surface area contributed by atoms with Gasteiger partial charge in [0.25, 0.3) is 0 Å². The summed E-state index contributed by atoms with van der Waals surface area (Å²) >= 11 is 1.53. The van der Waals surface area contributed by atoms with Gasteiger partial charge in [-0.2, -0.15) is 0 Å². The van der Waals surface area contributed by atoms with Crippen molar-refractivity contribution in [2.75, 3.05) is 34.9 Å². The summed E-state index contributed by atoms with van der Waals surface area (Å²) in [4.78, 5) is 160. The third-order valence-corrected chi connectivity index (χ3v) is 22.1. The smallest absolute Gasteiger partial charge is 0.404 e. The molecule has 0 spiro atoms. The van der Waals surface area contributed by atoms with Crippen molar-refractivity contribution >= 4 is 93.6 Å². The summed E-state index contributed by atoms with van der Waals surface area (Å²) in [5.74, 6) is -5.68. The second kappa shape index (κ2) is 35.9. The van der Waals surface area contributed by atoms with Crippen LogP contribution in [0.1, 0.15) is 155 Å². The van der Waals surface area contributed by atoms with Gasteiger partial charge in [-0.25, -0.2) is 14.2 Å². The van der Waals surface area contributed by atoms with Crippen molar-refractivity contribution in [1.82, 2.24) is 31.2 Å². The molecule has 0 radical (unpaired) electrons. The van der Waals surface area contributed by atoms with Crippen molar-refractivity contribution in [3.8, 4) is 21.9 Å². The Morgan fingerprint density at radius 1 is 0.685 bits per heavy atom. The molecule has 590 valence electrons. The maximum atomic E-state index is 15.8. The number of thiazole rings is 1. The quantitative estimate of drug-likeness (QED) is 0.0207. The summed E-state index contributed by atoms with van der Waals surface area (Å²) in [6, 6.07) is 20.0. The number of aromatic nitrogens is 1. The molecule has 15 N–H and O–H groups in total. The molecule has 0 saturated carbocycles. The first kappa shape index (κ1) is 81.1. The lowest BCUT2D eigenvalue weighted by Gasteiger charge is -2.35. The van der Waals surface area contributed by atoms with Crippen molar-refractivity contribution < 1.29 is 71.3 Å². The minimum absolute atomic E-state index is 0.0170. The van der Waals surface area contributed by atoms with Gasteiger partial charge in [0.1, 0.15) is 48.7 Å². The van der Waals surface area contributed by atoms with Crippen LogP contribution in [0.4, 0.5) is 26.2 Å². The van der Waals surface area contributed by atoms with Crippen molar-refractivity contribution in [3.05, 3.63) is 153 Å². The van der Waals surface area contributed by atoms with Gasteiger partial charge in [-0.3, -0.25) is 57.7 Å². The number of aryl methyl sites for hydroxylation is 5. The summed E-state index contributed by atoms with van der Waals surface area (Å²) in [7, 11) is 0. The van der Waals surface area contributed by atoms with E-state index in [9.17, 15) is 47.9 Å². The largest absolute Gasteiger partial charge is 0.488 e. The molecule has 5 aliphatic rings. The fraction of sp³-hybridized carbons (Fsp3) is 0.457. The maximum absolute atomic E-state index is 15.8. The van der Waals surface area contributed by atoms with E-state index in [0.29, 0.717) is 97.3 Å². The number of hydrogen-bond acceptors (Lipinski definition) is 18. The first-order chi connectivity index (χ1) is 53.0. The predicted molar refractivity (Wildman–Crippen MR) is 414 cm³/mol. The molecule has 6 aromatic rings. The molecule has 10 atom stereocenters. The number of nitrogens with two attached hydrogens (primary N) is 5. The minimum atomic E-state index is -1.20. The number of likely N-dealkylation sites (tertiary alicyclic amines) is 1. The molecule has 5 aromatic carbocycles. The van der Waals surface area contributed by atoms with Crippen LogP contribution in [0.15, 0.2) is 103 Å². The Hall–Kier alpha value is -10.9. The van der Waals surface area contributed by atoms with Gasteiger partial charge in [0.05, 0.1) is 64.8 Å². The van der Waals surface area contributed by atoms with Gasteiger partial charge in [0.15, 0.2) is 11.6 Å². The van der Waals surface area contributed by atoms with E-state index in [1.165, 1.54) is 32.1 Å². The van der Waals surface area contributed by atoms with Gasteiger partial charge in [0.2, 0.25) is 59.1 Å². The summed E-state index contributed by atoms with van der Waals surface area (Å²) in [6.07, 6.45) is 2.34. The van der Waals surface area contributed by atoms with Crippen LogP contribution < -0.4 is 74.5 Å². The Bertz CT molecular complexity index is 4510. The van der Waals surface area contributed by atoms with Crippen LogP contribution in [0.5, 0.6) is 11.5 Å². The van der Waals surface area contributed by atoms with E-state index in [-0.39, 0.29) is 89.2 Å². The Morgan fingerprint density at radius 3 is 2.00 bits per heavy atom. The first-order valence-corrected chi connectivity index (χ1v) is 38.8. The second-order valence-corrected chi connectivity index (χ2v) is 31.3. The number of rotatable bonds is 33. The maximum Gasteiger partial charge on any atom is 0.404 e. The molecule has 11 amide bonds. The number of carbonyl (C=O) groups excluding carboxylic acids is 11. The predicted octanol–water partition coefficient (Wildman–Crippen LogP) is 6.13. The number of halogens is 1.